The maximum atomic E-state index is 14.2. The molecule has 4 rings (SSSR count). The van der Waals surface area contributed by atoms with Crippen LogP contribution in [0.4, 0.5) is 14.5 Å². The molecule has 0 aliphatic carbocycles. The Labute approximate surface area is 231 Å². The number of anilines is 1. The molecule has 1 heterocycles. The Kier molecular flexibility index (Phi) is 8.09. The molecule has 1 N–H and O–H groups in total. The van der Waals surface area contributed by atoms with Crippen molar-refractivity contribution in [3.05, 3.63) is 82.4 Å². The van der Waals surface area contributed by atoms with Crippen LogP contribution in [0.15, 0.2) is 59.5 Å². The summed E-state index contributed by atoms with van der Waals surface area (Å²) in [5.41, 5.74) is 0.0793. The smallest absolute Gasteiger partial charge is 0.309 e. The van der Waals surface area contributed by atoms with Gasteiger partial charge in [-0.05, 0) is 68.5 Å². The van der Waals surface area contributed by atoms with Crippen LogP contribution in [0.25, 0.3) is 0 Å². The molecule has 11 heteroatoms. The number of aliphatic carboxylic acids is 1. The molecule has 3 aromatic carbocycles. The summed E-state index contributed by atoms with van der Waals surface area (Å²) in [7, 11) is -2.99. The number of ether oxygens (including phenoxy) is 2. The van der Waals surface area contributed by atoms with E-state index < -0.39 is 33.0 Å². The average Bonchev–Trinajstić information content (AvgIpc) is 2.87. The fourth-order valence-corrected chi connectivity index (χ4v) is 6.48. The Balaban J connectivity index is 1.73. The molecule has 0 fully saturated rings. The molecule has 39 heavy (non-hydrogen) atoms. The maximum absolute atomic E-state index is 14.2. The van der Waals surface area contributed by atoms with Crippen molar-refractivity contribution in [1.82, 2.24) is 0 Å². The van der Waals surface area contributed by atoms with E-state index in [4.69, 9.17) is 21.1 Å². The Morgan fingerprint density at radius 1 is 1.13 bits per heavy atom. The fourth-order valence-electron chi connectivity index (χ4n) is 4.67. The Bertz CT molecular complexity index is 1490. The molecule has 0 unspecified atom stereocenters. The summed E-state index contributed by atoms with van der Waals surface area (Å²) in [6.45, 7) is 3.01. The second-order valence-electron chi connectivity index (χ2n) is 10.1. The van der Waals surface area contributed by atoms with E-state index >= 15 is 0 Å². The van der Waals surface area contributed by atoms with E-state index in [1.54, 1.807) is 38.1 Å². The van der Waals surface area contributed by atoms with Gasteiger partial charge in [0.1, 0.15) is 18.2 Å². The van der Waals surface area contributed by atoms with Gasteiger partial charge in [-0.15, -0.1) is 0 Å². The predicted octanol–water partition coefficient (Wildman–Crippen LogP) is 6.07. The third-order valence-electron chi connectivity index (χ3n) is 6.79. The molecular formula is C28H28ClF2NO6S. The highest BCUT2D eigenvalue weighted by atomic mass is 35.5. The average molecular weight is 580 g/mol. The first kappa shape index (κ1) is 28.6. The van der Waals surface area contributed by atoms with Crippen LogP contribution in [-0.2, 0) is 27.8 Å². The number of nitrogens with zero attached hydrogens (tertiary/aromatic N) is 1. The van der Waals surface area contributed by atoms with Gasteiger partial charge in [0.15, 0.2) is 11.6 Å². The molecule has 1 aliphatic heterocycles. The second-order valence-corrected chi connectivity index (χ2v) is 12.3. The van der Waals surface area contributed by atoms with Crippen LogP contribution < -0.4 is 13.8 Å². The zero-order chi connectivity index (χ0) is 28.5. The van der Waals surface area contributed by atoms with Crippen molar-refractivity contribution in [3.8, 4) is 11.5 Å². The van der Waals surface area contributed by atoms with Crippen LogP contribution in [0.5, 0.6) is 11.5 Å². The van der Waals surface area contributed by atoms with Crippen molar-refractivity contribution < 1.29 is 36.6 Å². The zero-order valence-electron chi connectivity index (χ0n) is 21.6. The summed E-state index contributed by atoms with van der Waals surface area (Å²) >= 11 is 6.10. The number of benzene rings is 3. The molecule has 0 saturated heterocycles. The van der Waals surface area contributed by atoms with Crippen LogP contribution >= 0.6 is 11.6 Å². The first-order chi connectivity index (χ1) is 18.3. The number of hydrogen-bond acceptors (Lipinski definition) is 5. The quantitative estimate of drug-likeness (QED) is 0.330. The summed E-state index contributed by atoms with van der Waals surface area (Å²) in [5, 5.41) is 9.85. The van der Waals surface area contributed by atoms with E-state index in [2.05, 4.69) is 0 Å². The number of carboxylic acids is 1. The number of carboxylic acid groups (broad SMARTS) is 1. The van der Waals surface area contributed by atoms with Crippen LogP contribution in [-0.4, -0.2) is 33.1 Å². The Morgan fingerprint density at radius 3 is 2.54 bits per heavy atom. The molecule has 0 amide bonds. The lowest BCUT2D eigenvalue weighted by Gasteiger charge is -2.37. The molecule has 0 bridgehead atoms. The number of rotatable bonds is 9. The van der Waals surface area contributed by atoms with Gasteiger partial charge in [-0.3, -0.25) is 9.10 Å². The molecule has 0 aromatic heterocycles. The highest BCUT2D eigenvalue weighted by molar-refractivity contribution is 7.92. The van der Waals surface area contributed by atoms with Crippen LogP contribution in [0.1, 0.15) is 31.4 Å². The van der Waals surface area contributed by atoms with Crippen molar-refractivity contribution in [3.63, 3.8) is 0 Å². The molecule has 3 aromatic rings. The van der Waals surface area contributed by atoms with Gasteiger partial charge < -0.3 is 14.6 Å². The van der Waals surface area contributed by atoms with E-state index in [1.165, 1.54) is 23.5 Å². The maximum Gasteiger partial charge on any atom is 0.309 e. The van der Waals surface area contributed by atoms with Crippen LogP contribution in [0.3, 0.4) is 0 Å². The van der Waals surface area contributed by atoms with Gasteiger partial charge in [-0.25, -0.2) is 17.2 Å². The molecule has 1 atom stereocenters. The topological polar surface area (TPSA) is 93.1 Å². The molecule has 208 valence electrons. The first-order valence-electron chi connectivity index (χ1n) is 12.1. The van der Waals surface area contributed by atoms with Crippen molar-refractivity contribution in [2.45, 2.75) is 38.2 Å². The highest BCUT2D eigenvalue weighted by Crippen LogP contribution is 2.40. The number of sulfonamides is 1. The summed E-state index contributed by atoms with van der Waals surface area (Å²) in [4.78, 5) is 11.6. The number of carbonyl (C=O) groups is 1. The predicted molar refractivity (Wildman–Crippen MR) is 143 cm³/mol. The lowest BCUT2D eigenvalue weighted by atomic mass is 9.79. The van der Waals surface area contributed by atoms with Crippen molar-refractivity contribution in [1.29, 1.82) is 0 Å². The molecule has 7 nitrogen and oxygen atoms in total. The first-order valence-corrected chi connectivity index (χ1v) is 13.9. The molecular weight excluding hydrogens is 552 g/mol. The fraction of sp³-hybridized carbons (Fsp3) is 0.321. The van der Waals surface area contributed by atoms with E-state index in [1.807, 2.05) is 0 Å². The summed E-state index contributed by atoms with van der Waals surface area (Å²) < 4.78 is 68.0. The van der Waals surface area contributed by atoms with Gasteiger partial charge in [-0.2, -0.15) is 0 Å². The minimum absolute atomic E-state index is 0.00562. The summed E-state index contributed by atoms with van der Waals surface area (Å²) in [6, 6.07) is 12.5. The van der Waals surface area contributed by atoms with Gasteiger partial charge in [-0.1, -0.05) is 23.7 Å². The van der Waals surface area contributed by atoms with Crippen LogP contribution in [0.2, 0.25) is 5.02 Å². The highest BCUT2D eigenvalue weighted by Gasteiger charge is 2.38. The Hall–Kier alpha value is -3.37. The molecule has 0 saturated carbocycles. The largest absolute Gasteiger partial charge is 0.494 e. The van der Waals surface area contributed by atoms with E-state index in [-0.39, 0.29) is 52.5 Å². The third-order valence-corrected chi connectivity index (χ3v) is 8.92. The number of halogens is 3. The van der Waals surface area contributed by atoms with E-state index in [0.29, 0.717) is 17.7 Å². The number of methoxy groups -OCH3 is 1. The number of fused-ring (bicyclic) bond motifs is 1. The summed E-state index contributed by atoms with van der Waals surface area (Å²) in [5.74, 6) is -2.48. The van der Waals surface area contributed by atoms with Gasteiger partial charge >= 0.3 is 5.97 Å². The van der Waals surface area contributed by atoms with Gasteiger partial charge in [0.2, 0.25) is 0 Å². The standard InChI is InChI=1S/C28H28ClF2NO6S/c1-28(2,27(33)34)14-17-11-18-7-8-19(38-16-21-22(29)5-4-6-23(21)30)12-25(18)32(15-17)39(35,36)20-9-10-24(31)26(13-20)37-3/h4-10,12-13,17H,11,14-16H2,1-3H3,(H,33,34)/t17-/m0/s1. The molecule has 1 aliphatic rings. The SMILES string of the molecule is COc1cc(S(=O)(=O)N2C[C@H](CC(C)(C)C(=O)O)Cc3ccc(OCc4c(F)cccc4Cl)cc32)ccc1F. The normalized spacial score (nSPS) is 15.5. The lowest BCUT2D eigenvalue weighted by Crippen LogP contribution is -2.42. The lowest BCUT2D eigenvalue weighted by molar-refractivity contribution is -0.147. The van der Waals surface area contributed by atoms with Gasteiger partial charge in [0.05, 0.1) is 28.1 Å². The van der Waals surface area contributed by atoms with E-state index in [0.717, 1.165) is 18.2 Å². The van der Waals surface area contributed by atoms with E-state index in [9.17, 15) is 27.1 Å². The zero-order valence-corrected chi connectivity index (χ0v) is 23.2. The Morgan fingerprint density at radius 2 is 1.87 bits per heavy atom. The summed E-state index contributed by atoms with van der Waals surface area (Å²) in [6.07, 6.45) is 0.661. The van der Waals surface area contributed by atoms with Gasteiger partial charge in [0.25, 0.3) is 10.0 Å². The minimum atomic E-state index is -4.23. The molecule has 0 spiro atoms. The van der Waals surface area contributed by atoms with Crippen molar-refractivity contribution in [2.75, 3.05) is 18.0 Å². The monoisotopic (exact) mass is 579 g/mol. The minimum Gasteiger partial charge on any atom is -0.494 e. The van der Waals surface area contributed by atoms with Gasteiger partial charge in [0, 0.05) is 24.2 Å². The van der Waals surface area contributed by atoms with Crippen molar-refractivity contribution in [2.24, 2.45) is 11.3 Å². The third kappa shape index (κ3) is 5.96. The molecule has 0 radical (unpaired) electrons. The second kappa shape index (κ2) is 11.0. The van der Waals surface area contributed by atoms with Crippen LogP contribution in [0, 0.1) is 23.0 Å². The number of hydrogen-bond donors (Lipinski definition) is 1. The van der Waals surface area contributed by atoms with Crippen molar-refractivity contribution >= 4 is 33.3 Å².